The van der Waals surface area contributed by atoms with E-state index in [2.05, 4.69) is 32.9 Å². The van der Waals surface area contributed by atoms with Crippen molar-refractivity contribution in [3.05, 3.63) is 12.2 Å². The Kier molecular flexibility index (Phi) is 57.1. The van der Waals surface area contributed by atoms with Crippen LogP contribution in [0.5, 0.6) is 0 Å². The molecule has 6 heteroatoms. The third-order valence-electron chi connectivity index (χ3n) is 14.3. The van der Waals surface area contributed by atoms with Gasteiger partial charge < -0.3 is 14.2 Å². The molecule has 0 bridgehead atoms. The summed E-state index contributed by atoms with van der Waals surface area (Å²) in [6.45, 7) is 6.71. The Balaban J connectivity index is 4.31. The lowest BCUT2D eigenvalue weighted by molar-refractivity contribution is -0.167. The molecule has 0 saturated carbocycles. The van der Waals surface area contributed by atoms with Crippen LogP contribution in [0.15, 0.2) is 12.2 Å². The molecule has 408 valence electrons. The molecule has 0 aromatic rings. The summed E-state index contributed by atoms with van der Waals surface area (Å²) in [5.41, 5.74) is 0. The monoisotopic (exact) mass is 973 g/mol. The normalized spacial score (nSPS) is 12.0. The molecular formula is C63H120O6. The minimum absolute atomic E-state index is 0.0653. The summed E-state index contributed by atoms with van der Waals surface area (Å²) in [5, 5.41) is 0. The smallest absolute Gasteiger partial charge is 0.306 e. The third kappa shape index (κ3) is 56.9. The molecule has 0 amide bonds. The van der Waals surface area contributed by atoms with Gasteiger partial charge in [0.15, 0.2) is 6.10 Å². The lowest BCUT2D eigenvalue weighted by Crippen LogP contribution is -2.30. The highest BCUT2D eigenvalue weighted by molar-refractivity contribution is 5.71. The van der Waals surface area contributed by atoms with Gasteiger partial charge in [0.05, 0.1) is 0 Å². The Labute approximate surface area is 431 Å². The Morgan fingerprint density at radius 2 is 0.478 bits per heavy atom. The summed E-state index contributed by atoms with van der Waals surface area (Å²) in [6, 6.07) is 0. The molecule has 0 spiro atoms. The van der Waals surface area contributed by atoms with Gasteiger partial charge in [-0.25, -0.2) is 0 Å². The fourth-order valence-electron chi connectivity index (χ4n) is 9.56. The number of carbonyl (C=O) groups excluding carboxylic acids is 3. The van der Waals surface area contributed by atoms with Crippen molar-refractivity contribution in [2.24, 2.45) is 0 Å². The van der Waals surface area contributed by atoms with E-state index < -0.39 is 6.10 Å². The summed E-state index contributed by atoms with van der Waals surface area (Å²) in [7, 11) is 0. The molecule has 0 heterocycles. The van der Waals surface area contributed by atoms with Crippen LogP contribution in [-0.2, 0) is 28.6 Å². The van der Waals surface area contributed by atoms with E-state index in [4.69, 9.17) is 14.2 Å². The standard InChI is InChI=1S/C63H120O6/c1-4-7-10-13-16-19-22-25-28-31-33-35-38-41-44-47-50-53-56-62(65)68-59-60(58-67-61(64)55-52-49-46-43-40-37-34-30-27-24-21-18-15-12-9-6-3)69-63(66)57-54-51-48-45-42-39-36-32-29-26-23-20-17-14-11-8-5-2/h26,29,60H,4-25,27-28,30-59H2,1-3H3/b29-26-/t60-/m1/s1. The quantitative estimate of drug-likeness (QED) is 0.0261. The van der Waals surface area contributed by atoms with Gasteiger partial charge in [-0.1, -0.05) is 303 Å². The predicted molar refractivity (Wildman–Crippen MR) is 298 cm³/mol. The SMILES string of the molecule is CCCCCCCC/C=C\CCCCCCCCCC(=O)O[C@H](COC(=O)CCCCCCCCCCCCCCCCCC)COC(=O)CCCCCCCCCCCCCCCCCCCC. The van der Waals surface area contributed by atoms with Gasteiger partial charge >= 0.3 is 17.9 Å². The van der Waals surface area contributed by atoms with Crippen LogP contribution in [0, 0.1) is 0 Å². The number of hydrogen-bond donors (Lipinski definition) is 0. The minimum Gasteiger partial charge on any atom is -0.462 e. The Hall–Kier alpha value is -1.85. The van der Waals surface area contributed by atoms with E-state index in [0.717, 1.165) is 57.8 Å². The van der Waals surface area contributed by atoms with Gasteiger partial charge in [-0.2, -0.15) is 0 Å². The van der Waals surface area contributed by atoms with Crippen molar-refractivity contribution >= 4 is 17.9 Å². The van der Waals surface area contributed by atoms with Crippen LogP contribution < -0.4 is 0 Å². The third-order valence-corrected chi connectivity index (χ3v) is 14.3. The lowest BCUT2D eigenvalue weighted by Gasteiger charge is -2.18. The van der Waals surface area contributed by atoms with Crippen LogP contribution in [0.4, 0.5) is 0 Å². The molecule has 1 atom stereocenters. The van der Waals surface area contributed by atoms with Crippen molar-refractivity contribution in [3.63, 3.8) is 0 Å². The summed E-state index contributed by atoms with van der Waals surface area (Å²) < 4.78 is 16.9. The highest BCUT2D eigenvalue weighted by Gasteiger charge is 2.19. The van der Waals surface area contributed by atoms with Gasteiger partial charge in [0.2, 0.25) is 0 Å². The van der Waals surface area contributed by atoms with Crippen molar-refractivity contribution < 1.29 is 28.6 Å². The number of hydrogen-bond acceptors (Lipinski definition) is 6. The van der Waals surface area contributed by atoms with Gasteiger partial charge in [-0.05, 0) is 44.9 Å². The van der Waals surface area contributed by atoms with Gasteiger partial charge in [0, 0.05) is 19.3 Å². The van der Waals surface area contributed by atoms with Crippen LogP contribution in [0.2, 0.25) is 0 Å². The van der Waals surface area contributed by atoms with Crippen LogP contribution in [0.3, 0.4) is 0 Å². The summed E-state index contributed by atoms with van der Waals surface area (Å²) in [5.74, 6) is -0.840. The van der Waals surface area contributed by atoms with Gasteiger partial charge in [-0.3, -0.25) is 14.4 Å². The van der Waals surface area contributed by atoms with Crippen molar-refractivity contribution in [3.8, 4) is 0 Å². The minimum atomic E-state index is -0.767. The van der Waals surface area contributed by atoms with Gasteiger partial charge in [0.25, 0.3) is 0 Å². The summed E-state index contributed by atoms with van der Waals surface area (Å²) >= 11 is 0. The van der Waals surface area contributed by atoms with E-state index in [1.165, 1.54) is 257 Å². The molecule has 0 rings (SSSR count). The second-order valence-electron chi connectivity index (χ2n) is 21.3. The first-order valence-electron chi connectivity index (χ1n) is 31.2. The molecule has 0 fully saturated rings. The molecule has 0 aliphatic rings. The zero-order chi connectivity index (χ0) is 50.0. The average molecular weight is 974 g/mol. The second-order valence-corrected chi connectivity index (χ2v) is 21.3. The van der Waals surface area contributed by atoms with Crippen molar-refractivity contribution in [2.45, 2.75) is 361 Å². The Bertz CT molecular complexity index is 1070. The Morgan fingerprint density at radius 3 is 0.725 bits per heavy atom. The van der Waals surface area contributed by atoms with Gasteiger partial charge in [0.1, 0.15) is 13.2 Å². The Morgan fingerprint density at radius 1 is 0.275 bits per heavy atom. The first-order chi connectivity index (χ1) is 34.0. The molecular weight excluding hydrogens is 853 g/mol. The number of carbonyl (C=O) groups is 3. The van der Waals surface area contributed by atoms with E-state index in [1.807, 2.05) is 0 Å². The van der Waals surface area contributed by atoms with E-state index >= 15 is 0 Å². The van der Waals surface area contributed by atoms with Crippen molar-refractivity contribution in [1.29, 1.82) is 0 Å². The maximum absolute atomic E-state index is 12.9. The molecule has 69 heavy (non-hydrogen) atoms. The number of unbranched alkanes of at least 4 members (excludes halogenated alkanes) is 45. The molecule has 6 nitrogen and oxygen atoms in total. The molecule has 0 aliphatic carbocycles. The molecule has 0 aromatic heterocycles. The van der Waals surface area contributed by atoms with Crippen LogP contribution in [0.1, 0.15) is 355 Å². The summed E-state index contributed by atoms with van der Waals surface area (Å²) in [4.78, 5) is 38.3. The zero-order valence-corrected chi connectivity index (χ0v) is 46.9. The number of ether oxygens (including phenoxy) is 3. The average Bonchev–Trinajstić information content (AvgIpc) is 3.35. The molecule has 0 saturated heterocycles. The van der Waals surface area contributed by atoms with E-state index in [9.17, 15) is 14.4 Å². The van der Waals surface area contributed by atoms with Crippen molar-refractivity contribution in [2.75, 3.05) is 13.2 Å². The molecule has 0 unspecified atom stereocenters. The fraction of sp³-hybridized carbons (Fsp3) is 0.921. The van der Waals surface area contributed by atoms with E-state index in [0.29, 0.717) is 19.3 Å². The van der Waals surface area contributed by atoms with Crippen molar-refractivity contribution in [1.82, 2.24) is 0 Å². The fourth-order valence-corrected chi connectivity index (χ4v) is 9.56. The molecule has 0 radical (unpaired) electrons. The number of allylic oxidation sites excluding steroid dienone is 2. The predicted octanol–water partition coefficient (Wildman–Crippen LogP) is 20.9. The number of esters is 3. The zero-order valence-electron chi connectivity index (χ0n) is 46.9. The first kappa shape index (κ1) is 67.1. The van der Waals surface area contributed by atoms with E-state index in [1.54, 1.807) is 0 Å². The van der Waals surface area contributed by atoms with Gasteiger partial charge in [-0.15, -0.1) is 0 Å². The maximum Gasteiger partial charge on any atom is 0.306 e. The maximum atomic E-state index is 12.9. The first-order valence-corrected chi connectivity index (χ1v) is 31.2. The summed E-state index contributed by atoms with van der Waals surface area (Å²) in [6.07, 6.45) is 67.8. The van der Waals surface area contributed by atoms with Crippen LogP contribution in [0.25, 0.3) is 0 Å². The number of rotatable bonds is 58. The highest BCUT2D eigenvalue weighted by Crippen LogP contribution is 2.18. The molecule has 0 aromatic carbocycles. The van der Waals surface area contributed by atoms with E-state index in [-0.39, 0.29) is 31.1 Å². The molecule has 0 aliphatic heterocycles. The topological polar surface area (TPSA) is 78.9 Å². The lowest BCUT2D eigenvalue weighted by atomic mass is 10.0. The molecule has 0 N–H and O–H groups in total. The highest BCUT2D eigenvalue weighted by atomic mass is 16.6. The van der Waals surface area contributed by atoms with Crippen LogP contribution >= 0.6 is 0 Å². The van der Waals surface area contributed by atoms with Crippen LogP contribution in [-0.4, -0.2) is 37.2 Å². The second kappa shape index (κ2) is 58.7. The largest absolute Gasteiger partial charge is 0.462 e.